The molecule has 0 amide bonds. The van der Waals surface area contributed by atoms with Crippen molar-refractivity contribution in [1.29, 1.82) is 0 Å². The molecule has 2 heterocycles. The van der Waals surface area contributed by atoms with Crippen LogP contribution in [0.15, 0.2) is 6.33 Å². The van der Waals surface area contributed by atoms with E-state index >= 15 is 0 Å². The fourth-order valence-electron chi connectivity index (χ4n) is 3.28. The first kappa shape index (κ1) is 12.5. The molecule has 3 rings (SSSR count). The molecule has 6 nitrogen and oxygen atoms in total. The maximum Gasteiger partial charge on any atom is 0.242 e. The quantitative estimate of drug-likeness (QED) is 0.834. The third-order valence-electron chi connectivity index (χ3n) is 4.23. The SMILES string of the molecule is CCOc1ncnc(N2CC3CCC(O)C3C2)c1N. The highest BCUT2D eigenvalue weighted by molar-refractivity contribution is 5.68. The molecule has 1 aromatic heterocycles. The molecule has 3 unspecified atom stereocenters. The van der Waals surface area contributed by atoms with E-state index < -0.39 is 0 Å². The smallest absolute Gasteiger partial charge is 0.242 e. The monoisotopic (exact) mass is 264 g/mol. The number of fused-ring (bicyclic) bond motifs is 1. The molecule has 0 radical (unpaired) electrons. The van der Waals surface area contributed by atoms with E-state index in [4.69, 9.17) is 10.5 Å². The van der Waals surface area contributed by atoms with Gasteiger partial charge in [-0.05, 0) is 25.7 Å². The Hall–Kier alpha value is -1.56. The highest BCUT2D eigenvalue weighted by Crippen LogP contribution is 2.41. The van der Waals surface area contributed by atoms with E-state index in [9.17, 15) is 5.11 Å². The minimum atomic E-state index is -0.176. The summed E-state index contributed by atoms with van der Waals surface area (Å²) in [5, 5.41) is 9.96. The van der Waals surface area contributed by atoms with Gasteiger partial charge in [-0.15, -0.1) is 0 Å². The fraction of sp³-hybridized carbons (Fsp3) is 0.692. The molecule has 6 heteroatoms. The van der Waals surface area contributed by atoms with Crippen molar-refractivity contribution in [3.05, 3.63) is 6.33 Å². The zero-order chi connectivity index (χ0) is 13.4. The molecule has 1 saturated carbocycles. The van der Waals surface area contributed by atoms with Crippen molar-refractivity contribution in [2.75, 3.05) is 30.3 Å². The lowest BCUT2D eigenvalue weighted by Gasteiger charge is -2.21. The molecule has 1 aromatic rings. The number of hydrogen-bond donors (Lipinski definition) is 2. The van der Waals surface area contributed by atoms with Crippen LogP contribution in [-0.4, -0.2) is 40.9 Å². The lowest BCUT2D eigenvalue weighted by Crippen LogP contribution is -2.26. The Morgan fingerprint density at radius 3 is 3.00 bits per heavy atom. The summed E-state index contributed by atoms with van der Waals surface area (Å²) in [6.45, 7) is 4.16. The van der Waals surface area contributed by atoms with Crippen LogP contribution in [0.2, 0.25) is 0 Å². The number of aromatic nitrogens is 2. The lowest BCUT2D eigenvalue weighted by molar-refractivity contribution is 0.133. The van der Waals surface area contributed by atoms with Crippen LogP contribution in [0.25, 0.3) is 0 Å². The molecule has 3 N–H and O–H groups in total. The van der Waals surface area contributed by atoms with E-state index in [-0.39, 0.29) is 6.10 Å². The van der Waals surface area contributed by atoms with Gasteiger partial charge in [-0.3, -0.25) is 0 Å². The molecule has 104 valence electrons. The molecule has 3 atom stereocenters. The zero-order valence-corrected chi connectivity index (χ0v) is 11.1. The van der Waals surface area contributed by atoms with Gasteiger partial charge in [0, 0.05) is 19.0 Å². The van der Waals surface area contributed by atoms with E-state index in [1.54, 1.807) is 0 Å². The number of aliphatic hydroxyl groups is 1. The van der Waals surface area contributed by atoms with Crippen LogP contribution in [-0.2, 0) is 0 Å². The van der Waals surface area contributed by atoms with Crippen molar-refractivity contribution in [2.45, 2.75) is 25.9 Å². The van der Waals surface area contributed by atoms with Gasteiger partial charge >= 0.3 is 0 Å². The largest absolute Gasteiger partial charge is 0.476 e. The number of hydrogen-bond acceptors (Lipinski definition) is 6. The minimum Gasteiger partial charge on any atom is -0.476 e. The number of nitrogen functional groups attached to an aromatic ring is 1. The Kier molecular flexibility index (Phi) is 3.18. The average Bonchev–Trinajstić information content (AvgIpc) is 2.95. The predicted molar refractivity (Wildman–Crippen MR) is 72.0 cm³/mol. The first-order chi connectivity index (χ1) is 9.20. The van der Waals surface area contributed by atoms with Gasteiger partial charge in [-0.25, -0.2) is 4.98 Å². The van der Waals surface area contributed by atoms with Gasteiger partial charge in [0.2, 0.25) is 5.88 Å². The second-order valence-corrected chi connectivity index (χ2v) is 5.32. The number of rotatable bonds is 3. The predicted octanol–water partition coefficient (Wildman–Crippen LogP) is 0.665. The van der Waals surface area contributed by atoms with Crippen LogP contribution in [0, 0.1) is 11.8 Å². The Morgan fingerprint density at radius 2 is 2.26 bits per heavy atom. The molecule has 2 aliphatic rings. The van der Waals surface area contributed by atoms with Crippen molar-refractivity contribution < 1.29 is 9.84 Å². The minimum absolute atomic E-state index is 0.176. The van der Waals surface area contributed by atoms with Crippen molar-refractivity contribution in [3.63, 3.8) is 0 Å². The summed E-state index contributed by atoms with van der Waals surface area (Å²) in [5.74, 6) is 2.09. The Balaban J connectivity index is 1.82. The van der Waals surface area contributed by atoms with Gasteiger partial charge in [0.25, 0.3) is 0 Å². The Bertz CT molecular complexity index is 468. The number of nitrogens with two attached hydrogens (primary N) is 1. The third kappa shape index (κ3) is 2.10. The van der Waals surface area contributed by atoms with Crippen LogP contribution in [0.1, 0.15) is 19.8 Å². The van der Waals surface area contributed by atoms with Crippen LogP contribution in [0.5, 0.6) is 5.88 Å². The second-order valence-electron chi connectivity index (χ2n) is 5.32. The lowest BCUT2D eigenvalue weighted by atomic mass is 10.00. The van der Waals surface area contributed by atoms with Gasteiger partial charge in [0.15, 0.2) is 5.82 Å². The summed E-state index contributed by atoms with van der Waals surface area (Å²) in [6, 6.07) is 0. The van der Waals surface area contributed by atoms with E-state index in [1.165, 1.54) is 6.33 Å². The van der Waals surface area contributed by atoms with Crippen molar-refractivity contribution in [2.24, 2.45) is 11.8 Å². The first-order valence-corrected chi connectivity index (χ1v) is 6.87. The number of aliphatic hydroxyl groups excluding tert-OH is 1. The van der Waals surface area contributed by atoms with E-state index in [0.717, 1.165) is 31.7 Å². The average molecular weight is 264 g/mol. The van der Waals surface area contributed by atoms with E-state index in [1.807, 2.05) is 6.92 Å². The number of ether oxygens (including phenoxy) is 1. The van der Waals surface area contributed by atoms with Crippen LogP contribution < -0.4 is 15.4 Å². The normalized spacial score (nSPS) is 29.6. The van der Waals surface area contributed by atoms with Crippen LogP contribution in [0.3, 0.4) is 0 Å². The third-order valence-corrected chi connectivity index (χ3v) is 4.23. The van der Waals surface area contributed by atoms with Crippen LogP contribution in [0.4, 0.5) is 11.5 Å². The molecule has 19 heavy (non-hydrogen) atoms. The number of anilines is 2. The van der Waals surface area contributed by atoms with E-state index in [2.05, 4.69) is 14.9 Å². The van der Waals surface area contributed by atoms with Gasteiger partial charge < -0.3 is 20.5 Å². The van der Waals surface area contributed by atoms with Gasteiger partial charge in [-0.1, -0.05) is 0 Å². The highest BCUT2D eigenvalue weighted by Gasteiger charge is 2.42. The van der Waals surface area contributed by atoms with Crippen molar-refractivity contribution in [3.8, 4) is 5.88 Å². The summed E-state index contributed by atoms with van der Waals surface area (Å²) >= 11 is 0. The van der Waals surface area contributed by atoms with Gasteiger partial charge in [0.1, 0.15) is 12.0 Å². The number of nitrogens with zero attached hydrogens (tertiary/aromatic N) is 3. The van der Waals surface area contributed by atoms with Crippen LogP contribution >= 0.6 is 0 Å². The molecule has 1 saturated heterocycles. The Labute approximate surface area is 112 Å². The summed E-state index contributed by atoms with van der Waals surface area (Å²) in [7, 11) is 0. The summed E-state index contributed by atoms with van der Waals surface area (Å²) in [5.41, 5.74) is 6.58. The topological polar surface area (TPSA) is 84.5 Å². The molecule has 0 bridgehead atoms. The molecule has 0 aromatic carbocycles. The molecular formula is C13H20N4O2. The standard InChI is InChI=1S/C13H20N4O2/c1-2-19-13-11(14)12(15-7-16-13)17-5-8-3-4-10(18)9(8)6-17/h7-10,18H,2-6,14H2,1H3. The zero-order valence-electron chi connectivity index (χ0n) is 11.1. The maximum absolute atomic E-state index is 9.96. The molecule has 0 spiro atoms. The first-order valence-electron chi connectivity index (χ1n) is 6.87. The molecule has 2 fully saturated rings. The fourth-order valence-corrected chi connectivity index (χ4v) is 3.28. The molecule has 1 aliphatic carbocycles. The highest BCUT2D eigenvalue weighted by atomic mass is 16.5. The summed E-state index contributed by atoms with van der Waals surface area (Å²) in [4.78, 5) is 10.5. The maximum atomic E-state index is 9.96. The van der Waals surface area contributed by atoms with Gasteiger partial charge in [-0.2, -0.15) is 4.98 Å². The summed E-state index contributed by atoms with van der Waals surface area (Å²) < 4.78 is 5.40. The molecular weight excluding hydrogens is 244 g/mol. The van der Waals surface area contributed by atoms with E-state index in [0.29, 0.717) is 30.0 Å². The van der Waals surface area contributed by atoms with Crippen molar-refractivity contribution in [1.82, 2.24) is 9.97 Å². The van der Waals surface area contributed by atoms with Crippen molar-refractivity contribution >= 4 is 11.5 Å². The van der Waals surface area contributed by atoms with Gasteiger partial charge in [0.05, 0.1) is 12.7 Å². The Morgan fingerprint density at radius 1 is 1.42 bits per heavy atom. The second kappa shape index (κ2) is 4.85. The summed E-state index contributed by atoms with van der Waals surface area (Å²) in [6.07, 6.45) is 3.32. The molecule has 1 aliphatic heterocycles.